The summed E-state index contributed by atoms with van der Waals surface area (Å²) in [6.07, 6.45) is 0.0531. The average molecular weight is 379 g/mol. The van der Waals surface area contributed by atoms with Crippen molar-refractivity contribution in [2.24, 2.45) is 7.05 Å². The van der Waals surface area contributed by atoms with E-state index in [4.69, 9.17) is 4.74 Å². The third-order valence-electron chi connectivity index (χ3n) is 4.70. The van der Waals surface area contributed by atoms with Gasteiger partial charge < -0.3 is 10.1 Å². The van der Waals surface area contributed by atoms with Crippen molar-refractivity contribution >= 4 is 22.4 Å². The Labute approximate surface area is 164 Å². The number of carbonyl (C=O) groups is 1. The van der Waals surface area contributed by atoms with Crippen LogP contribution in [0.5, 0.6) is 5.75 Å². The van der Waals surface area contributed by atoms with Crippen LogP contribution < -0.4 is 15.6 Å². The molecule has 146 valence electrons. The van der Waals surface area contributed by atoms with Gasteiger partial charge in [-0.15, -0.1) is 0 Å². The first-order chi connectivity index (χ1) is 13.2. The number of fused-ring (bicyclic) bond motifs is 1. The Balaban J connectivity index is 1.93. The Hall–Kier alpha value is -3.15. The highest BCUT2D eigenvalue weighted by Gasteiger charge is 2.18. The highest BCUT2D eigenvalue weighted by Crippen LogP contribution is 2.31. The van der Waals surface area contributed by atoms with Crippen molar-refractivity contribution in [2.75, 3.05) is 12.4 Å². The van der Waals surface area contributed by atoms with Crippen LogP contribution in [0.1, 0.15) is 32.0 Å². The lowest BCUT2D eigenvalue weighted by Gasteiger charge is -2.21. The van der Waals surface area contributed by atoms with Gasteiger partial charge in [0.2, 0.25) is 5.91 Å². The number of benzene rings is 2. The Bertz CT molecular complexity index is 1090. The number of amides is 1. The summed E-state index contributed by atoms with van der Waals surface area (Å²) in [6.45, 7) is 6.34. The van der Waals surface area contributed by atoms with Gasteiger partial charge in [-0.2, -0.15) is 5.10 Å². The Morgan fingerprint density at radius 1 is 1.14 bits per heavy atom. The molecular formula is C22H25N3O3. The highest BCUT2D eigenvalue weighted by molar-refractivity contribution is 5.96. The zero-order chi connectivity index (χ0) is 20.5. The maximum absolute atomic E-state index is 12.8. The predicted octanol–water partition coefficient (Wildman–Crippen LogP) is 3.42. The predicted molar refractivity (Wildman–Crippen MR) is 111 cm³/mol. The molecule has 0 saturated carbocycles. The molecule has 2 aromatic carbocycles. The van der Waals surface area contributed by atoms with Crippen molar-refractivity contribution in [1.29, 1.82) is 0 Å². The third-order valence-corrected chi connectivity index (χ3v) is 4.70. The third kappa shape index (κ3) is 3.91. The molecule has 3 aromatic rings. The number of carbonyl (C=O) groups excluding carboxylic acids is 1. The second kappa shape index (κ2) is 7.46. The maximum Gasteiger partial charge on any atom is 0.274 e. The number of hydrogen-bond acceptors (Lipinski definition) is 4. The Morgan fingerprint density at radius 3 is 2.46 bits per heavy atom. The number of hydrogen-bond donors (Lipinski definition) is 1. The lowest BCUT2D eigenvalue weighted by Crippen LogP contribution is -2.24. The summed E-state index contributed by atoms with van der Waals surface area (Å²) in [5.41, 5.74) is 2.03. The summed E-state index contributed by atoms with van der Waals surface area (Å²) in [5, 5.41) is 8.47. The van der Waals surface area contributed by atoms with E-state index in [1.54, 1.807) is 26.3 Å². The fraction of sp³-hybridized carbons (Fsp3) is 0.318. The van der Waals surface area contributed by atoms with Gasteiger partial charge in [0, 0.05) is 12.4 Å². The monoisotopic (exact) mass is 379 g/mol. The molecule has 6 heteroatoms. The number of ether oxygens (including phenoxy) is 1. The minimum Gasteiger partial charge on any atom is -0.495 e. The van der Waals surface area contributed by atoms with Gasteiger partial charge in [-0.25, -0.2) is 4.68 Å². The molecule has 1 heterocycles. The number of rotatable bonds is 4. The topological polar surface area (TPSA) is 73.2 Å². The van der Waals surface area contributed by atoms with E-state index in [0.717, 1.165) is 5.56 Å². The van der Waals surface area contributed by atoms with Crippen molar-refractivity contribution in [1.82, 2.24) is 9.78 Å². The van der Waals surface area contributed by atoms with Crippen molar-refractivity contribution in [2.45, 2.75) is 32.6 Å². The van der Waals surface area contributed by atoms with Gasteiger partial charge >= 0.3 is 0 Å². The van der Waals surface area contributed by atoms with Gasteiger partial charge in [-0.1, -0.05) is 45.0 Å². The smallest absolute Gasteiger partial charge is 0.274 e. The van der Waals surface area contributed by atoms with Gasteiger partial charge in [0.15, 0.2) is 0 Å². The molecule has 1 N–H and O–H groups in total. The van der Waals surface area contributed by atoms with E-state index in [1.807, 2.05) is 30.3 Å². The summed E-state index contributed by atoms with van der Waals surface area (Å²) in [6, 6.07) is 13.0. The van der Waals surface area contributed by atoms with E-state index >= 15 is 0 Å². The largest absolute Gasteiger partial charge is 0.495 e. The second-order valence-corrected chi connectivity index (χ2v) is 7.81. The van der Waals surface area contributed by atoms with E-state index in [-0.39, 0.29) is 23.3 Å². The summed E-state index contributed by atoms with van der Waals surface area (Å²) in [4.78, 5) is 25.0. The molecule has 28 heavy (non-hydrogen) atoms. The molecule has 0 aliphatic carbocycles. The first-order valence-corrected chi connectivity index (χ1v) is 9.14. The van der Waals surface area contributed by atoms with Gasteiger partial charge in [-0.3, -0.25) is 9.59 Å². The minimum absolute atomic E-state index is 0.0531. The molecule has 3 rings (SSSR count). The van der Waals surface area contributed by atoms with E-state index in [0.29, 0.717) is 27.9 Å². The standard InChI is InChI=1S/C22H25N3O3/c1-22(2,3)14-10-11-19(28-5)18(12-14)23-20(26)13-17-15-8-6-7-9-16(15)21(27)25(4)24-17/h6-12H,13H2,1-5H3,(H,23,26). The van der Waals surface area contributed by atoms with Crippen molar-refractivity contribution in [3.8, 4) is 5.75 Å². The number of aromatic nitrogens is 2. The van der Waals surface area contributed by atoms with Crippen LogP contribution in [0.3, 0.4) is 0 Å². The van der Waals surface area contributed by atoms with Crippen LogP contribution in [0.15, 0.2) is 47.3 Å². The minimum atomic E-state index is -0.222. The van der Waals surface area contributed by atoms with E-state index in [1.165, 1.54) is 4.68 Å². The maximum atomic E-state index is 12.8. The van der Waals surface area contributed by atoms with E-state index in [2.05, 4.69) is 31.2 Å². The van der Waals surface area contributed by atoms with Gasteiger partial charge in [0.1, 0.15) is 5.75 Å². The number of nitrogens with zero attached hydrogens (tertiary/aromatic N) is 2. The van der Waals surface area contributed by atoms with Crippen LogP contribution in [0.25, 0.3) is 10.8 Å². The lowest BCUT2D eigenvalue weighted by molar-refractivity contribution is -0.115. The first kappa shape index (κ1) is 19.6. The molecule has 0 radical (unpaired) electrons. The first-order valence-electron chi connectivity index (χ1n) is 9.14. The van der Waals surface area contributed by atoms with Crippen molar-refractivity contribution < 1.29 is 9.53 Å². The number of anilines is 1. The number of aryl methyl sites for hydroxylation is 1. The van der Waals surface area contributed by atoms with Crippen LogP contribution in [-0.2, 0) is 23.7 Å². The molecule has 0 bridgehead atoms. The zero-order valence-electron chi connectivity index (χ0n) is 16.9. The van der Waals surface area contributed by atoms with Crippen LogP contribution in [0.2, 0.25) is 0 Å². The van der Waals surface area contributed by atoms with Gasteiger partial charge in [0.05, 0.1) is 30.3 Å². The molecular weight excluding hydrogens is 354 g/mol. The normalized spacial score (nSPS) is 11.5. The SMILES string of the molecule is COc1ccc(C(C)(C)C)cc1NC(=O)Cc1nn(C)c(=O)c2ccccc12. The molecule has 0 saturated heterocycles. The molecule has 0 aliphatic heterocycles. The fourth-order valence-electron chi connectivity index (χ4n) is 3.13. The molecule has 0 atom stereocenters. The van der Waals surface area contributed by atoms with Crippen LogP contribution in [-0.4, -0.2) is 22.8 Å². The lowest BCUT2D eigenvalue weighted by atomic mass is 9.87. The Morgan fingerprint density at radius 2 is 1.82 bits per heavy atom. The van der Waals surface area contributed by atoms with Gasteiger partial charge in [0.25, 0.3) is 5.56 Å². The quantitative estimate of drug-likeness (QED) is 0.754. The average Bonchev–Trinajstić information content (AvgIpc) is 2.65. The summed E-state index contributed by atoms with van der Waals surface area (Å²) >= 11 is 0. The highest BCUT2D eigenvalue weighted by atomic mass is 16.5. The number of methoxy groups -OCH3 is 1. The van der Waals surface area contributed by atoms with E-state index in [9.17, 15) is 9.59 Å². The van der Waals surface area contributed by atoms with Crippen molar-refractivity contribution in [3.05, 3.63) is 64.1 Å². The fourth-order valence-corrected chi connectivity index (χ4v) is 3.13. The molecule has 0 fully saturated rings. The van der Waals surface area contributed by atoms with E-state index < -0.39 is 0 Å². The van der Waals surface area contributed by atoms with Crippen LogP contribution in [0.4, 0.5) is 5.69 Å². The van der Waals surface area contributed by atoms with Crippen LogP contribution in [0, 0.1) is 0 Å². The number of nitrogens with one attached hydrogen (secondary N) is 1. The molecule has 1 aromatic heterocycles. The van der Waals surface area contributed by atoms with Gasteiger partial charge in [-0.05, 0) is 29.2 Å². The molecule has 1 amide bonds. The zero-order valence-corrected chi connectivity index (χ0v) is 16.9. The summed E-state index contributed by atoms with van der Waals surface area (Å²) < 4.78 is 6.66. The molecule has 0 spiro atoms. The summed E-state index contributed by atoms with van der Waals surface area (Å²) in [5.74, 6) is 0.375. The second-order valence-electron chi connectivity index (χ2n) is 7.81. The molecule has 6 nitrogen and oxygen atoms in total. The van der Waals surface area contributed by atoms with Crippen molar-refractivity contribution in [3.63, 3.8) is 0 Å². The molecule has 0 aliphatic rings. The van der Waals surface area contributed by atoms with Crippen LogP contribution >= 0.6 is 0 Å². The molecule has 0 unspecified atom stereocenters. The Kier molecular flexibility index (Phi) is 5.23. The summed E-state index contributed by atoms with van der Waals surface area (Å²) in [7, 11) is 3.16.